The molecule has 164 valence electrons. The molecule has 4 aromatic rings. The Bertz CT molecular complexity index is 1440. The maximum atomic E-state index is 13.8. The van der Waals surface area contributed by atoms with Gasteiger partial charge in [-0.2, -0.15) is 0 Å². The molecule has 0 fully saturated rings. The second kappa shape index (κ2) is 7.80. The molecular weight excluding hydrogens is 433 g/mol. The van der Waals surface area contributed by atoms with E-state index in [0.717, 1.165) is 0 Å². The fraction of sp³-hybridized carbons (Fsp3) is 0.125. The van der Waals surface area contributed by atoms with E-state index in [0.29, 0.717) is 16.9 Å². The number of phenols is 1. The summed E-state index contributed by atoms with van der Waals surface area (Å²) in [5.74, 6) is -2.08. The number of hydrogen-bond donors (Lipinski definition) is 2. The van der Waals surface area contributed by atoms with Gasteiger partial charge in [0.15, 0.2) is 0 Å². The minimum Gasteiger partial charge on any atom is -0.507 e. The number of carboxylic acids is 1. The van der Waals surface area contributed by atoms with Crippen molar-refractivity contribution in [3.63, 3.8) is 0 Å². The molecule has 0 aliphatic heterocycles. The summed E-state index contributed by atoms with van der Waals surface area (Å²) in [6.07, 6.45) is 0. The van der Waals surface area contributed by atoms with Crippen molar-refractivity contribution in [1.82, 2.24) is 4.57 Å². The number of carboxylic acid groups (broad SMARTS) is 1. The van der Waals surface area contributed by atoms with E-state index in [9.17, 15) is 22.7 Å². The number of aromatic hydroxyl groups is 1. The number of nitrogens with zero attached hydrogens (tertiary/aromatic N) is 1. The van der Waals surface area contributed by atoms with Crippen LogP contribution >= 0.6 is 0 Å². The van der Waals surface area contributed by atoms with Crippen molar-refractivity contribution in [2.24, 2.45) is 0 Å². The van der Waals surface area contributed by atoms with Crippen molar-refractivity contribution in [2.45, 2.75) is 29.6 Å². The van der Waals surface area contributed by atoms with Gasteiger partial charge in [-0.3, -0.25) is 0 Å². The van der Waals surface area contributed by atoms with Gasteiger partial charge in [0.1, 0.15) is 16.5 Å². The number of phenolic OH excluding ortho intramolecular Hbond substituents is 1. The maximum Gasteiger partial charge on any atom is 0.335 e. The van der Waals surface area contributed by atoms with Crippen molar-refractivity contribution in [1.29, 1.82) is 0 Å². The summed E-state index contributed by atoms with van der Waals surface area (Å²) in [4.78, 5) is 11.0. The highest BCUT2D eigenvalue weighted by Gasteiger charge is 2.32. The Hall–Kier alpha value is -3.65. The molecule has 1 aromatic heterocycles. The Kier molecular flexibility index (Phi) is 5.26. The fourth-order valence-corrected chi connectivity index (χ4v) is 5.67. The van der Waals surface area contributed by atoms with Gasteiger partial charge in [-0.25, -0.2) is 17.6 Å². The summed E-state index contributed by atoms with van der Waals surface area (Å²) in [5, 5.41) is 20.0. The highest BCUT2D eigenvalue weighted by Crippen LogP contribution is 2.43. The van der Waals surface area contributed by atoms with Crippen LogP contribution in [0.25, 0.3) is 16.6 Å². The quantitative estimate of drug-likeness (QED) is 0.437. The predicted octanol–water partition coefficient (Wildman–Crippen LogP) is 5.13. The molecule has 3 aromatic carbocycles. The number of hydrogen-bond acceptors (Lipinski definition) is 4. The zero-order valence-electron chi connectivity index (χ0n) is 17.3. The van der Waals surface area contributed by atoms with Crippen LogP contribution < -0.4 is 0 Å². The minimum absolute atomic E-state index is 0.0374. The highest BCUT2D eigenvalue weighted by molar-refractivity contribution is 7.91. The normalized spacial score (nSPS) is 11.9. The van der Waals surface area contributed by atoms with Gasteiger partial charge in [0.05, 0.1) is 21.4 Å². The molecule has 6 nitrogen and oxygen atoms in total. The van der Waals surface area contributed by atoms with Crippen LogP contribution in [0.4, 0.5) is 4.39 Å². The molecule has 2 N–H and O–H groups in total. The van der Waals surface area contributed by atoms with E-state index < -0.39 is 21.6 Å². The van der Waals surface area contributed by atoms with Crippen LogP contribution in [0, 0.1) is 5.82 Å². The van der Waals surface area contributed by atoms with Gasteiger partial charge in [0.25, 0.3) is 0 Å². The molecule has 0 unspecified atom stereocenters. The van der Waals surface area contributed by atoms with Crippen LogP contribution in [0.1, 0.15) is 35.8 Å². The van der Waals surface area contributed by atoms with Gasteiger partial charge >= 0.3 is 5.97 Å². The number of halogens is 1. The summed E-state index contributed by atoms with van der Waals surface area (Å²) >= 11 is 0. The van der Waals surface area contributed by atoms with Crippen LogP contribution in [-0.4, -0.2) is 29.2 Å². The van der Waals surface area contributed by atoms with E-state index in [1.807, 2.05) is 13.8 Å². The van der Waals surface area contributed by atoms with Gasteiger partial charge in [-0.15, -0.1) is 0 Å². The lowest BCUT2D eigenvalue weighted by atomic mass is 10.1. The Morgan fingerprint density at radius 3 is 2.16 bits per heavy atom. The fourth-order valence-electron chi connectivity index (χ4n) is 3.86. The summed E-state index contributed by atoms with van der Waals surface area (Å²) in [5.41, 5.74) is 1.40. The first-order valence-electron chi connectivity index (χ1n) is 9.83. The molecule has 0 amide bonds. The van der Waals surface area contributed by atoms with Crippen molar-refractivity contribution >= 4 is 26.7 Å². The Morgan fingerprint density at radius 1 is 0.969 bits per heavy atom. The van der Waals surface area contributed by atoms with E-state index in [4.69, 9.17) is 5.11 Å². The zero-order valence-corrected chi connectivity index (χ0v) is 18.1. The van der Waals surface area contributed by atoms with Gasteiger partial charge in [0.2, 0.25) is 9.84 Å². The number of sulfone groups is 1. The van der Waals surface area contributed by atoms with E-state index in [-0.39, 0.29) is 32.4 Å². The first kappa shape index (κ1) is 21.6. The first-order chi connectivity index (χ1) is 15.1. The summed E-state index contributed by atoms with van der Waals surface area (Å²) in [6, 6.07) is 15.3. The molecular formula is C24H20FNO5S. The highest BCUT2D eigenvalue weighted by atomic mass is 32.2. The van der Waals surface area contributed by atoms with E-state index in [1.165, 1.54) is 42.5 Å². The third kappa shape index (κ3) is 3.42. The molecule has 8 heteroatoms. The average molecular weight is 453 g/mol. The molecule has 1 heterocycles. The largest absolute Gasteiger partial charge is 0.507 e. The van der Waals surface area contributed by atoms with Crippen LogP contribution in [0.2, 0.25) is 0 Å². The summed E-state index contributed by atoms with van der Waals surface area (Å²) < 4.78 is 42.8. The number of aromatic nitrogens is 1. The molecule has 0 atom stereocenters. The van der Waals surface area contributed by atoms with Crippen molar-refractivity contribution in [2.75, 3.05) is 0 Å². The topological polar surface area (TPSA) is 96.6 Å². The number of rotatable bonds is 5. The SMILES string of the molecule is CC(C)c1c(S(=O)(=O)c2ccc(C(=O)O)cc2)c2c(O)cccc2n1-c1ccc(F)cc1. The number of carbonyl (C=O) groups is 1. The molecule has 0 radical (unpaired) electrons. The lowest BCUT2D eigenvalue weighted by Crippen LogP contribution is -2.09. The van der Waals surface area contributed by atoms with E-state index in [1.54, 1.807) is 28.8 Å². The monoisotopic (exact) mass is 453 g/mol. The van der Waals surface area contributed by atoms with Gasteiger partial charge in [0, 0.05) is 11.4 Å². The van der Waals surface area contributed by atoms with Crippen LogP contribution in [0.3, 0.4) is 0 Å². The summed E-state index contributed by atoms with van der Waals surface area (Å²) in [7, 11) is -4.15. The van der Waals surface area contributed by atoms with Crippen LogP contribution in [-0.2, 0) is 9.84 Å². The van der Waals surface area contributed by atoms with Crippen molar-refractivity contribution < 1.29 is 27.8 Å². The molecule has 0 bridgehead atoms. The van der Waals surface area contributed by atoms with E-state index in [2.05, 4.69) is 0 Å². The second-order valence-electron chi connectivity index (χ2n) is 7.69. The molecule has 4 rings (SSSR count). The smallest absolute Gasteiger partial charge is 0.335 e. The molecule has 32 heavy (non-hydrogen) atoms. The lowest BCUT2D eigenvalue weighted by molar-refractivity contribution is 0.0696. The molecule has 0 saturated carbocycles. The molecule has 0 aliphatic carbocycles. The number of aromatic carboxylic acids is 1. The van der Waals surface area contributed by atoms with Gasteiger partial charge < -0.3 is 14.8 Å². The maximum absolute atomic E-state index is 13.8. The third-order valence-electron chi connectivity index (χ3n) is 5.27. The van der Waals surface area contributed by atoms with E-state index >= 15 is 0 Å². The minimum atomic E-state index is -4.15. The number of benzene rings is 3. The Balaban J connectivity index is 2.10. The standard InChI is InChI=1S/C24H20FNO5S/c1-14(2)22-23(32(30,31)18-12-6-15(7-13-18)24(28)29)21-19(4-3-5-20(21)27)26(22)17-10-8-16(25)9-11-17/h3-14,27H,1-2H3,(H,28,29). The second-order valence-corrected chi connectivity index (χ2v) is 9.57. The molecule has 0 aliphatic rings. The van der Waals surface area contributed by atoms with Gasteiger partial charge in [-0.1, -0.05) is 19.9 Å². The van der Waals surface area contributed by atoms with Crippen LogP contribution in [0.5, 0.6) is 5.75 Å². The zero-order chi connectivity index (χ0) is 23.2. The molecule has 0 saturated heterocycles. The lowest BCUT2D eigenvalue weighted by Gasteiger charge is -2.16. The summed E-state index contributed by atoms with van der Waals surface area (Å²) in [6.45, 7) is 3.66. The van der Waals surface area contributed by atoms with Crippen molar-refractivity contribution in [3.05, 3.63) is 83.8 Å². The number of fused-ring (bicyclic) bond motifs is 1. The predicted molar refractivity (Wildman–Crippen MR) is 118 cm³/mol. The third-order valence-corrected chi connectivity index (χ3v) is 7.12. The van der Waals surface area contributed by atoms with Crippen LogP contribution in [0.15, 0.2) is 76.5 Å². The Labute approximate surface area is 184 Å². The average Bonchev–Trinajstić information content (AvgIpc) is 3.12. The van der Waals surface area contributed by atoms with Crippen molar-refractivity contribution in [3.8, 4) is 11.4 Å². The first-order valence-corrected chi connectivity index (χ1v) is 11.3. The Morgan fingerprint density at radius 2 is 1.59 bits per heavy atom. The van der Waals surface area contributed by atoms with Gasteiger partial charge in [-0.05, 0) is 66.6 Å². The molecule has 0 spiro atoms.